The second-order valence-electron chi connectivity index (χ2n) is 3.43. The first-order chi connectivity index (χ1) is 6.87. The molecule has 0 saturated carbocycles. The summed E-state index contributed by atoms with van der Waals surface area (Å²) in [5.41, 5.74) is -0.504. The van der Waals surface area contributed by atoms with Crippen molar-refractivity contribution in [1.82, 2.24) is 5.32 Å². The zero-order valence-corrected chi connectivity index (χ0v) is 8.79. The third-order valence-corrected chi connectivity index (χ3v) is 1.66. The number of ether oxygens (including phenoxy) is 2. The predicted molar refractivity (Wildman–Crippen MR) is 49.6 cm³/mol. The Kier molecular flexibility index (Phi) is 2.88. The molecule has 0 spiro atoms. The van der Waals surface area contributed by atoms with Crippen molar-refractivity contribution in [2.75, 3.05) is 6.54 Å². The number of rotatable bonds is 2. The van der Waals surface area contributed by atoms with E-state index in [9.17, 15) is 14.7 Å². The molecule has 1 amide bonds. The van der Waals surface area contributed by atoms with Crippen LogP contribution in [-0.2, 0) is 19.1 Å². The highest BCUT2D eigenvalue weighted by molar-refractivity contribution is 6.16. The highest BCUT2D eigenvalue weighted by Gasteiger charge is 2.39. The molecule has 0 fully saturated rings. The maximum Gasteiger partial charge on any atom is 0.354 e. The lowest BCUT2D eigenvalue weighted by Crippen LogP contribution is -2.41. The summed E-state index contributed by atoms with van der Waals surface area (Å²) in [4.78, 5) is 22.7. The number of esters is 1. The molecule has 1 rings (SSSR count). The molecule has 1 aliphatic heterocycles. The normalized spacial score (nSPS) is 19.3. The Morgan fingerprint density at radius 1 is 1.47 bits per heavy atom. The highest BCUT2D eigenvalue weighted by atomic mass is 16.8. The lowest BCUT2D eigenvalue weighted by Gasteiger charge is -2.30. The standard InChI is InChI=1S/C9H13NO5/c1-4-10-6(11)5-7(12)14-9(2,3)15-8(5)13/h12H,4H2,1-3H3,(H,10,11). The van der Waals surface area contributed by atoms with Crippen LogP contribution in [-0.4, -0.2) is 29.3 Å². The number of likely N-dealkylation sites (N-methyl/N-ethyl adjacent to an activating group) is 1. The molecule has 0 aromatic rings. The van der Waals surface area contributed by atoms with E-state index in [1.165, 1.54) is 13.8 Å². The number of amides is 1. The Balaban J connectivity index is 2.97. The van der Waals surface area contributed by atoms with Crippen molar-refractivity contribution in [2.45, 2.75) is 26.6 Å². The first-order valence-corrected chi connectivity index (χ1v) is 4.51. The van der Waals surface area contributed by atoms with Crippen LogP contribution < -0.4 is 5.32 Å². The lowest BCUT2D eigenvalue weighted by molar-refractivity contribution is -0.221. The van der Waals surface area contributed by atoms with E-state index in [1.807, 2.05) is 0 Å². The number of carbonyl (C=O) groups excluding carboxylic acids is 2. The summed E-state index contributed by atoms with van der Waals surface area (Å²) in [6, 6.07) is 0. The van der Waals surface area contributed by atoms with Gasteiger partial charge in [-0.05, 0) is 6.92 Å². The van der Waals surface area contributed by atoms with E-state index in [0.29, 0.717) is 6.54 Å². The van der Waals surface area contributed by atoms with Gasteiger partial charge in [-0.1, -0.05) is 0 Å². The third kappa shape index (κ3) is 2.39. The molecule has 0 aromatic carbocycles. The first-order valence-electron chi connectivity index (χ1n) is 4.51. The van der Waals surface area contributed by atoms with Crippen LogP contribution in [0.3, 0.4) is 0 Å². The molecule has 0 aliphatic carbocycles. The van der Waals surface area contributed by atoms with E-state index < -0.39 is 29.2 Å². The molecule has 1 aliphatic rings. The van der Waals surface area contributed by atoms with Gasteiger partial charge in [0, 0.05) is 20.4 Å². The third-order valence-electron chi connectivity index (χ3n) is 1.66. The Labute approximate surface area is 86.9 Å². The largest absolute Gasteiger partial charge is 0.480 e. The summed E-state index contributed by atoms with van der Waals surface area (Å²) in [7, 11) is 0. The van der Waals surface area contributed by atoms with Crippen molar-refractivity contribution in [1.29, 1.82) is 0 Å². The highest BCUT2D eigenvalue weighted by Crippen LogP contribution is 2.24. The van der Waals surface area contributed by atoms with E-state index in [0.717, 1.165) is 0 Å². The van der Waals surface area contributed by atoms with Gasteiger partial charge in [0.2, 0.25) is 5.57 Å². The van der Waals surface area contributed by atoms with Crippen molar-refractivity contribution >= 4 is 11.9 Å². The molecule has 84 valence electrons. The average molecular weight is 215 g/mol. The van der Waals surface area contributed by atoms with Crippen LogP contribution in [0.15, 0.2) is 11.5 Å². The van der Waals surface area contributed by atoms with Crippen LogP contribution >= 0.6 is 0 Å². The number of hydrogen-bond donors (Lipinski definition) is 2. The first kappa shape index (κ1) is 11.4. The second-order valence-corrected chi connectivity index (χ2v) is 3.43. The molecule has 0 bridgehead atoms. The number of aliphatic hydroxyl groups is 1. The number of nitrogens with one attached hydrogen (secondary N) is 1. The van der Waals surface area contributed by atoms with Gasteiger partial charge >= 0.3 is 11.9 Å². The van der Waals surface area contributed by atoms with Gasteiger partial charge < -0.3 is 19.9 Å². The monoisotopic (exact) mass is 215 g/mol. The van der Waals surface area contributed by atoms with Crippen molar-refractivity contribution in [3.05, 3.63) is 11.5 Å². The summed E-state index contributed by atoms with van der Waals surface area (Å²) >= 11 is 0. The van der Waals surface area contributed by atoms with Crippen LogP contribution in [0, 0.1) is 0 Å². The summed E-state index contributed by atoms with van der Waals surface area (Å²) in [6.45, 7) is 4.94. The molecule has 0 saturated heterocycles. The minimum Gasteiger partial charge on any atom is -0.480 e. The number of carbonyl (C=O) groups is 2. The van der Waals surface area contributed by atoms with Gasteiger partial charge in [0.05, 0.1) is 0 Å². The molecule has 0 atom stereocenters. The maximum atomic E-state index is 11.4. The summed E-state index contributed by atoms with van der Waals surface area (Å²) in [6.07, 6.45) is 0. The van der Waals surface area contributed by atoms with Crippen LogP contribution in [0.5, 0.6) is 0 Å². The van der Waals surface area contributed by atoms with E-state index in [2.05, 4.69) is 5.32 Å². The van der Waals surface area contributed by atoms with Crippen LogP contribution in [0.4, 0.5) is 0 Å². The molecule has 2 N–H and O–H groups in total. The molecule has 6 heteroatoms. The smallest absolute Gasteiger partial charge is 0.354 e. The van der Waals surface area contributed by atoms with E-state index in [1.54, 1.807) is 6.92 Å². The molecular weight excluding hydrogens is 202 g/mol. The van der Waals surface area contributed by atoms with E-state index >= 15 is 0 Å². The zero-order valence-electron chi connectivity index (χ0n) is 8.79. The summed E-state index contributed by atoms with van der Waals surface area (Å²) in [5, 5.41) is 11.7. The maximum absolute atomic E-state index is 11.4. The fourth-order valence-electron chi connectivity index (χ4n) is 1.11. The van der Waals surface area contributed by atoms with Crippen LogP contribution in [0.1, 0.15) is 20.8 Å². The zero-order chi connectivity index (χ0) is 11.6. The molecule has 6 nitrogen and oxygen atoms in total. The second kappa shape index (κ2) is 3.80. The number of hydrogen-bond acceptors (Lipinski definition) is 5. The molecule has 0 radical (unpaired) electrons. The molecule has 0 unspecified atom stereocenters. The fraction of sp³-hybridized carbons (Fsp3) is 0.556. The van der Waals surface area contributed by atoms with Crippen LogP contribution in [0.2, 0.25) is 0 Å². The summed E-state index contributed by atoms with van der Waals surface area (Å²) in [5.74, 6) is -3.57. The van der Waals surface area contributed by atoms with Crippen molar-refractivity contribution in [2.24, 2.45) is 0 Å². The molecule has 0 aromatic heterocycles. The average Bonchev–Trinajstić information content (AvgIpc) is 1.99. The van der Waals surface area contributed by atoms with Crippen molar-refractivity contribution < 1.29 is 24.2 Å². The Morgan fingerprint density at radius 2 is 2.07 bits per heavy atom. The predicted octanol–water partition coefficient (Wildman–Crippen LogP) is 0.202. The van der Waals surface area contributed by atoms with Gasteiger partial charge in [-0.2, -0.15) is 0 Å². The van der Waals surface area contributed by atoms with Gasteiger partial charge in [0.1, 0.15) is 0 Å². The van der Waals surface area contributed by atoms with Crippen LogP contribution in [0.25, 0.3) is 0 Å². The van der Waals surface area contributed by atoms with E-state index in [-0.39, 0.29) is 0 Å². The van der Waals surface area contributed by atoms with Gasteiger partial charge in [-0.25, -0.2) is 4.79 Å². The van der Waals surface area contributed by atoms with Gasteiger partial charge in [0.25, 0.3) is 11.7 Å². The topological polar surface area (TPSA) is 84.9 Å². The number of aliphatic hydroxyl groups excluding tert-OH is 1. The van der Waals surface area contributed by atoms with Crippen molar-refractivity contribution in [3.63, 3.8) is 0 Å². The fourth-order valence-corrected chi connectivity index (χ4v) is 1.11. The van der Waals surface area contributed by atoms with Gasteiger partial charge in [-0.15, -0.1) is 0 Å². The Morgan fingerprint density at radius 3 is 2.53 bits per heavy atom. The summed E-state index contributed by atoms with van der Waals surface area (Å²) < 4.78 is 9.64. The van der Waals surface area contributed by atoms with E-state index in [4.69, 9.17) is 9.47 Å². The molecule has 15 heavy (non-hydrogen) atoms. The quantitative estimate of drug-likeness (QED) is 0.507. The van der Waals surface area contributed by atoms with Gasteiger partial charge in [0.15, 0.2) is 0 Å². The lowest BCUT2D eigenvalue weighted by atomic mass is 10.2. The minimum atomic E-state index is -1.25. The molecular formula is C9H13NO5. The SMILES string of the molecule is CCNC(=O)C1=C(O)OC(C)(C)OC1=O. The van der Waals surface area contributed by atoms with Gasteiger partial charge in [-0.3, -0.25) is 4.79 Å². The van der Waals surface area contributed by atoms with Crippen molar-refractivity contribution in [3.8, 4) is 0 Å². The number of cyclic esters (lactones) is 1. The minimum absolute atomic E-state index is 0.340. The Bertz CT molecular complexity index is 331. The Hall–Kier alpha value is -1.72. The molecule has 1 heterocycles.